The summed E-state index contributed by atoms with van der Waals surface area (Å²) in [6.45, 7) is 6.47. The summed E-state index contributed by atoms with van der Waals surface area (Å²) in [5, 5.41) is 3.92. The van der Waals surface area contributed by atoms with Crippen molar-refractivity contribution >= 4 is 12.1 Å². The van der Waals surface area contributed by atoms with Gasteiger partial charge in [-0.15, -0.1) is 0 Å². The van der Waals surface area contributed by atoms with Crippen molar-refractivity contribution in [2.45, 2.75) is 27.2 Å². The second-order valence-corrected chi connectivity index (χ2v) is 4.73. The Bertz CT molecular complexity index is 470. The van der Waals surface area contributed by atoms with Crippen molar-refractivity contribution in [3.05, 3.63) is 23.8 Å². The summed E-state index contributed by atoms with van der Waals surface area (Å²) < 4.78 is 10.7. The van der Waals surface area contributed by atoms with E-state index in [-0.39, 0.29) is 5.91 Å². The van der Waals surface area contributed by atoms with E-state index in [2.05, 4.69) is 10.5 Å². The van der Waals surface area contributed by atoms with Gasteiger partial charge < -0.3 is 9.47 Å². The Balaban J connectivity index is 2.66. The second-order valence-electron chi connectivity index (χ2n) is 4.73. The predicted octanol–water partition coefficient (Wildman–Crippen LogP) is 2.59. The van der Waals surface area contributed by atoms with Gasteiger partial charge in [0, 0.05) is 6.42 Å². The summed E-state index contributed by atoms with van der Waals surface area (Å²) in [5.74, 6) is 1.56. The van der Waals surface area contributed by atoms with Gasteiger partial charge in [0.2, 0.25) is 5.91 Å². The Morgan fingerprint density at radius 2 is 2.15 bits per heavy atom. The van der Waals surface area contributed by atoms with Gasteiger partial charge in [-0.1, -0.05) is 13.8 Å². The van der Waals surface area contributed by atoms with Gasteiger partial charge >= 0.3 is 0 Å². The van der Waals surface area contributed by atoms with Crippen molar-refractivity contribution in [2.75, 3.05) is 13.7 Å². The first-order valence-electron chi connectivity index (χ1n) is 6.69. The number of nitrogens with zero attached hydrogens (tertiary/aromatic N) is 1. The molecule has 1 rings (SSSR count). The van der Waals surface area contributed by atoms with Crippen LogP contribution in [0.2, 0.25) is 0 Å². The lowest BCUT2D eigenvalue weighted by Crippen LogP contribution is -2.19. The first-order chi connectivity index (χ1) is 9.56. The number of benzene rings is 1. The molecular weight excluding hydrogens is 256 g/mol. The Morgan fingerprint density at radius 1 is 1.40 bits per heavy atom. The smallest absolute Gasteiger partial charge is 0.240 e. The molecule has 0 atom stereocenters. The van der Waals surface area contributed by atoms with Gasteiger partial charge in [-0.2, -0.15) is 5.10 Å². The third-order valence-electron chi connectivity index (χ3n) is 2.48. The number of amides is 1. The van der Waals surface area contributed by atoms with Crippen molar-refractivity contribution in [3.63, 3.8) is 0 Å². The van der Waals surface area contributed by atoms with Crippen LogP contribution in [0.1, 0.15) is 32.8 Å². The summed E-state index contributed by atoms with van der Waals surface area (Å²) in [6, 6.07) is 5.48. The molecule has 0 aliphatic heterocycles. The highest BCUT2D eigenvalue weighted by Crippen LogP contribution is 2.27. The number of ether oxygens (including phenoxy) is 2. The molecule has 0 heterocycles. The van der Waals surface area contributed by atoms with Crippen LogP contribution in [0.3, 0.4) is 0 Å². The number of hydrogen-bond acceptors (Lipinski definition) is 4. The van der Waals surface area contributed by atoms with Gasteiger partial charge in [0.05, 0.1) is 19.9 Å². The normalized spacial score (nSPS) is 10.8. The van der Waals surface area contributed by atoms with Gasteiger partial charge in [-0.3, -0.25) is 4.79 Å². The average molecular weight is 278 g/mol. The van der Waals surface area contributed by atoms with E-state index in [4.69, 9.17) is 9.47 Å². The molecule has 0 spiro atoms. The number of carbonyl (C=O) groups excluding carboxylic acids is 1. The van der Waals surface area contributed by atoms with Crippen LogP contribution < -0.4 is 14.9 Å². The zero-order chi connectivity index (χ0) is 15.0. The number of carbonyl (C=O) groups is 1. The highest BCUT2D eigenvalue weighted by molar-refractivity contribution is 5.83. The van der Waals surface area contributed by atoms with E-state index in [0.717, 1.165) is 5.56 Å². The summed E-state index contributed by atoms with van der Waals surface area (Å²) >= 11 is 0. The van der Waals surface area contributed by atoms with Crippen molar-refractivity contribution in [1.82, 2.24) is 5.43 Å². The maximum absolute atomic E-state index is 11.4. The van der Waals surface area contributed by atoms with E-state index in [1.807, 2.05) is 39.0 Å². The Morgan fingerprint density at radius 3 is 2.75 bits per heavy atom. The molecule has 1 aromatic carbocycles. The lowest BCUT2D eigenvalue weighted by molar-refractivity contribution is -0.121. The molecule has 5 heteroatoms. The molecule has 0 saturated carbocycles. The van der Waals surface area contributed by atoms with Gasteiger partial charge in [-0.25, -0.2) is 5.43 Å². The number of hydrogen-bond donors (Lipinski definition) is 1. The van der Waals surface area contributed by atoms with E-state index in [0.29, 0.717) is 30.4 Å². The summed E-state index contributed by atoms with van der Waals surface area (Å²) in [4.78, 5) is 11.4. The topological polar surface area (TPSA) is 59.9 Å². The minimum atomic E-state index is -0.0887. The largest absolute Gasteiger partial charge is 0.493 e. The highest BCUT2D eigenvalue weighted by atomic mass is 16.5. The lowest BCUT2D eigenvalue weighted by Gasteiger charge is -2.09. The quantitative estimate of drug-likeness (QED) is 0.616. The molecule has 0 aliphatic carbocycles. The Hall–Kier alpha value is -2.04. The molecule has 1 N–H and O–H groups in total. The third-order valence-corrected chi connectivity index (χ3v) is 2.48. The lowest BCUT2D eigenvalue weighted by atomic mass is 10.1. The van der Waals surface area contributed by atoms with E-state index in [9.17, 15) is 4.79 Å². The third kappa shape index (κ3) is 5.30. The van der Waals surface area contributed by atoms with Crippen LogP contribution in [0.5, 0.6) is 11.5 Å². The van der Waals surface area contributed by atoms with E-state index < -0.39 is 0 Å². The van der Waals surface area contributed by atoms with E-state index >= 15 is 0 Å². The van der Waals surface area contributed by atoms with Gasteiger partial charge in [0.15, 0.2) is 11.5 Å². The zero-order valence-electron chi connectivity index (χ0n) is 12.5. The van der Waals surface area contributed by atoms with Crippen molar-refractivity contribution in [1.29, 1.82) is 0 Å². The molecule has 20 heavy (non-hydrogen) atoms. The SMILES string of the molecule is CCOc1ccc(/C=N\NC(=O)CC(C)C)cc1OC. The maximum Gasteiger partial charge on any atom is 0.240 e. The molecule has 5 nitrogen and oxygen atoms in total. The number of nitrogens with one attached hydrogen (secondary N) is 1. The molecule has 1 aromatic rings. The first-order valence-corrected chi connectivity index (χ1v) is 6.69. The first kappa shape index (κ1) is 16.0. The number of methoxy groups -OCH3 is 1. The Kier molecular flexibility index (Phi) is 6.56. The molecule has 0 radical (unpaired) electrons. The standard InChI is InChI=1S/C15H22N2O3/c1-5-20-13-7-6-12(9-14(13)19-4)10-16-17-15(18)8-11(2)3/h6-7,9-11H,5,8H2,1-4H3,(H,17,18)/b16-10-. The molecule has 0 aliphatic rings. The fraction of sp³-hybridized carbons (Fsp3) is 0.467. The number of rotatable bonds is 7. The molecule has 0 fully saturated rings. The summed E-state index contributed by atoms with van der Waals surface area (Å²) in [6.07, 6.45) is 2.04. The molecule has 0 saturated heterocycles. The fourth-order valence-electron chi connectivity index (χ4n) is 1.63. The van der Waals surface area contributed by atoms with Crippen LogP contribution >= 0.6 is 0 Å². The van der Waals surface area contributed by atoms with Crippen molar-refractivity contribution < 1.29 is 14.3 Å². The minimum Gasteiger partial charge on any atom is -0.493 e. The molecule has 0 aromatic heterocycles. The zero-order valence-corrected chi connectivity index (χ0v) is 12.5. The average Bonchev–Trinajstić information content (AvgIpc) is 2.39. The molecule has 1 amide bonds. The van der Waals surface area contributed by atoms with Crippen LogP contribution in [-0.4, -0.2) is 25.8 Å². The van der Waals surface area contributed by atoms with Gasteiger partial charge in [0.1, 0.15) is 0 Å². The van der Waals surface area contributed by atoms with Crippen LogP contribution in [0, 0.1) is 5.92 Å². The summed E-state index contributed by atoms with van der Waals surface area (Å²) in [7, 11) is 1.59. The van der Waals surface area contributed by atoms with E-state index in [1.165, 1.54) is 0 Å². The van der Waals surface area contributed by atoms with E-state index in [1.54, 1.807) is 13.3 Å². The predicted molar refractivity (Wildman–Crippen MR) is 79.4 cm³/mol. The highest BCUT2D eigenvalue weighted by Gasteiger charge is 2.05. The van der Waals surface area contributed by atoms with Crippen molar-refractivity contribution in [2.24, 2.45) is 11.0 Å². The van der Waals surface area contributed by atoms with Gasteiger partial charge in [-0.05, 0) is 36.6 Å². The van der Waals surface area contributed by atoms with Gasteiger partial charge in [0.25, 0.3) is 0 Å². The Labute approximate surface area is 120 Å². The molecule has 0 bridgehead atoms. The fourth-order valence-corrected chi connectivity index (χ4v) is 1.63. The van der Waals surface area contributed by atoms with Crippen molar-refractivity contribution in [3.8, 4) is 11.5 Å². The molecule has 0 unspecified atom stereocenters. The maximum atomic E-state index is 11.4. The minimum absolute atomic E-state index is 0.0887. The molecular formula is C15H22N2O3. The number of hydrazone groups is 1. The van der Waals surface area contributed by atoms with Crippen LogP contribution in [0.15, 0.2) is 23.3 Å². The molecule has 110 valence electrons. The summed E-state index contributed by atoms with van der Waals surface area (Å²) in [5.41, 5.74) is 3.33. The van der Waals surface area contributed by atoms with Crippen LogP contribution in [0.4, 0.5) is 0 Å². The van der Waals surface area contributed by atoms with Crippen LogP contribution in [-0.2, 0) is 4.79 Å². The second kappa shape index (κ2) is 8.19. The monoisotopic (exact) mass is 278 g/mol. The van der Waals surface area contributed by atoms with Crippen LogP contribution in [0.25, 0.3) is 0 Å².